The van der Waals surface area contributed by atoms with Crippen molar-refractivity contribution in [2.24, 2.45) is 0 Å². The summed E-state index contributed by atoms with van der Waals surface area (Å²) in [6.45, 7) is 4.19. The normalized spacial score (nSPS) is 18.5. The highest BCUT2D eigenvalue weighted by atomic mass is 32.2. The minimum atomic E-state index is -4.09. The minimum absolute atomic E-state index is 0.0539. The predicted molar refractivity (Wildman–Crippen MR) is 153 cm³/mol. The molecule has 1 fully saturated rings. The van der Waals surface area contributed by atoms with E-state index in [-0.39, 0.29) is 34.7 Å². The zero-order valence-electron chi connectivity index (χ0n) is 22.6. The van der Waals surface area contributed by atoms with Gasteiger partial charge in [-0.15, -0.1) is 0 Å². The predicted octanol–water partition coefficient (Wildman–Crippen LogP) is 5.64. The van der Waals surface area contributed by atoms with Crippen molar-refractivity contribution in [1.82, 2.24) is 14.9 Å². The lowest BCUT2D eigenvalue weighted by Gasteiger charge is -2.25. The molecule has 4 bridgehead atoms. The zero-order valence-corrected chi connectivity index (χ0v) is 23.4. The summed E-state index contributed by atoms with van der Waals surface area (Å²) in [5.41, 5.74) is 5.83. The average molecular weight is 555 g/mol. The van der Waals surface area contributed by atoms with E-state index >= 15 is 0 Å². The monoisotopic (exact) mass is 554 g/mol. The van der Waals surface area contributed by atoms with Crippen LogP contribution in [0.15, 0.2) is 77.7 Å². The highest BCUT2D eigenvalue weighted by molar-refractivity contribution is 7.92. The second-order valence-electron chi connectivity index (χ2n) is 10.5. The zero-order chi connectivity index (χ0) is 28.0. The van der Waals surface area contributed by atoms with Crippen LogP contribution in [0.5, 0.6) is 5.88 Å². The number of hydrogen-bond acceptors (Lipinski definition) is 6. The molecule has 2 aliphatic rings. The third-order valence-electron chi connectivity index (χ3n) is 7.46. The van der Waals surface area contributed by atoms with Crippen LogP contribution < -0.4 is 9.46 Å². The summed E-state index contributed by atoms with van der Waals surface area (Å²) < 4.78 is 35.7. The van der Waals surface area contributed by atoms with Gasteiger partial charge in [0.15, 0.2) is 0 Å². The number of amides is 1. The van der Waals surface area contributed by atoms with Gasteiger partial charge in [0, 0.05) is 24.2 Å². The molecule has 1 aliphatic carbocycles. The lowest BCUT2D eigenvalue weighted by molar-refractivity contribution is 0.0706. The van der Waals surface area contributed by atoms with Crippen LogP contribution in [0, 0.1) is 13.8 Å². The van der Waals surface area contributed by atoms with E-state index in [2.05, 4.69) is 26.8 Å². The molecule has 1 atom stereocenters. The summed E-state index contributed by atoms with van der Waals surface area (Å²) >= 11 is 0. The van der Waals surface area contributed by atoms with Crippen LogP contribution in [0.2, 0.25) is 0 Å². The topological polar surface area (TPSA) is 101 Å². The van der Waals surface area contributed by atoms with Gasteiger partial charge in [0.05, 0.1) is 17.1 Å². The largest absolute Gasteiger partial charge is 0.467 e. The number of likely N-dealkylation sites (N-methyl/N-ethyl adjacent to an activating group) is 1. The lowest BCUT2D eigenvalue weighted by Crippen LogP contribution is -2.33. The van der Waals surface area contributed by atoms with Gasteiger partial charge in [-0.05, 0) is 73.1 Å². The van der Waals surface area contributed by atoms with E-state index in [0.717, 1.165) is 22.3 Å². The number of fused-ring (bicyclic) bond motifs is 4. The third kappa shape index (κ3) is 5.16. The molecule has 40 heavy (non-hydrogen) atoms. The number of aryl methyl sites for hydroxylation is 2. The molecule has 0 radical (unpaired) electrons. The Morgan fingerprint density at radius 3 is 2.27 bits per heavy atom. The van der Waals surface area contributed by atoms with Gasteiger partial charge in [-0.1, -0.05) is 48.5 Å². The summed E-state index contributed by atoms with van der Waals surface area (Å²) in [5.74, 6) is 0.396. The number of nitrogens with zero attached hydrogens (tertiary/aromatic N) is 3. The number of anilines is 1. The number of aromatic nitrogens is 2. The van der Waals surface area contributed by atoms with Crippen molar-refractivity contribution in [3.8, 4) is 17.1 Å². The van der Waals surface area contributed by atoms with Crippen molar-refractivity contribution in [2.75, 3.05) is 18.3 Å². The molecule has 3 aromatic carbocycles. The van der Waals surface area contributed by atoms with Crippen LogP contribution in [-0.4, -0.2) is 42.8 Å². The SMILES string of the molecule is Cc1cccc(C)c1-c1cc2nc(n1)NS(=O)(=O)c1cccc(c1)C(=O)N(C)CC(c1ccc(C3CC3)cc1)O2. The van der Waals surface area contributed by atoms with Gasteiger partial charge in [0.2, 0.25) is 11.8 Å². The quantitative estimate of drug-likeness (QED) is 0.352. The van der Waals surface area contributed by atoms with Crippen LogP contribution in [-0.2, 0) is 10.0 Å². The van der Waals surface area contributed by atoms with Crippen molar-refractivity contribution in [1.29, 1.82) is 0 Å². The molecule has 1 N–H and O–H groups in total. The molecule has 9 heteroatoms. The summed E-state index contributed by atoms with van der Waals surface area (Å²) in [4.78, 5) is 23.9. The molecule has 2 heterocycles. The molecular weight excluding hydrogens is 524 g/mol. The molecule has 1 amide bonds. The molecule has 1 unspecified atom stereocenters. The molecule has 8 nitrogen and oxygen atoms in total. The summed E-state index contributed by atoms with van der Waals surface area (Å²) in [6, 6.07) is 21.9. The van der Waals surface area contributed by atoms with Gasteiger partial charge in [0.1, 0.15) is 6.10 Å². The molecular formula is C31H30N4O4S. The Hall–Kier alpha value is -4.24. The molecule has 1 aliphatic heterocycles. The van der Waals surface area contributed by atoms with Gasteiger partial charge in [-0.25, -0.2) is 18.1 Å². The summed E-state index contributed by atoms with van der Waals surface area (Å²) in [5, 5.41) is 0. The maximum atomic E-state index is 13.4. The highest BCUT2D eigenvalue weighted by Gasteiger charge is 2.27. The van der Waals surface area contributed by atoms with Crippen molar-refractivity contribution < 1.29 is 17.9 Å². The Labute approximate surface area is 234 Å². The van der Waals surface area contributed by atoms with Crippen LogP contribution in [0.3, 0.4) is 0 Å². The van der Waals surface area contributed by atoms with Crippen LogP contribution in [0.25, 0.3) is 11.3 Å². The van der Waals surface area contributed by atoms with Gasteiger partial charge in [-0.3, -0.25) is 4.79 Å². The first-order valence-corrected chi connectivity index (χ1v) is 14.8. The van der Waals surface area contributed by atoms with Crippen molar-refractivity contribution in [3.63, 3.8) is 0 Å². The number of nitrogens with one attached hydrogen (secondary N) is 1. The Morgan fingerprint density at radius 2 is 1.57 bits per heavy atom. The number of rotatable bonds is 3. The Balaban J connectivity index is 1.50. The van der Waals surface area contributed by atoms with Crippen LogP contribution in [0.1, 0.15) is 57.5 Å². The fraction of sp³-hybridized carbons (Fsp3) is 0.258. The Kier molecular flexibility index (Phi) is 6.54. The van der Waals surface area contributed by atoms with E-state index < -0.39 is 16.1 Å². The number of carbonyl (C=O) groups excluding carboxylic acids is 1. The fourth-order valence-corrected chi connectivity index (χ4v) is 6.15. The molecule has 0 spiro atoms. The molecule has 1 saturated carbocycles. The van der Waals surface area contributed by atoms with Crippen molar-refractivity contribution >= 4 is 21.9 Å². The van der Waals surface area contributed by atoms with E-state index in [0.29, 0.717) is 11.6 Å². The summed E-state index contributed by atoms with van der Waals surface area (Å²) in [7, 11) is -2.41. The van der Waals surface area contributed by atoms with E-state index in [1.54, 1.807) is 30.1 Å². The number of ether oxygens (including phenoxy) is 1. The van der Waals surface area contributed by atoms with Crippen LogP contribution in [0.4, 0.5) is 5.95 Å². The number of hydrogen-bond donors (Lipinski definition) is 1. The van der Waals surface area contributed by atoms with Gasteiger partial charge < -0.3 is 9.64 Å². The average Bonchev–Trinajstić information content (AvgIpc) is 3.77. The first kappa shape index (κ1) is 26.0. The molecule has 1 aromatic heterocycles. The van der Waals surface area contributed by atoms with Crippen molar-refractivity contribution in [2.45, 2.75) is 43.6 Å². The summed E-state index contributed by atoms with van der Waals surface area (Å²) in [6.07, 6.45) is 1.85. The fourth-order valence-electron chi connectivity index (χ4n) is 5.16. The van der Waals surface area contributed by atoms with E-state index in [4.69, 9.17) is 4.74 Å². The molecule has 6 rings (SSSR count). The highest BCUT2D eigenvalue weighted by Crippen LogP contribution is 2.40. The first-order chi connectivity index (χ1) is 19.2. The molecule has 0 saturated heterocycles. The second kappa shape index (κ2) is 10.1. The van der Waals surface area contributed by atoms with E-state index in [1.807, 2.05) is 44.2 Å². The van der Waals surface area contributed by atoms with E-state index in [9.17, 15) is 13.2 Å². The number of sulfonamides is 1. The molecule has 204 valence electrons. The second-order valence-corrected chi connectivity index (χ2v) is 12.2. The maximum Gasteiger partial charge on any atom is 0.264 e. The first-order valence-electron chi connectivity index (χ1n) is 13.3. The Bertz CT molecular complexity index is 1700. The van der Waals surface area contributed by atoms with Gasteiger partial charge in [-0.2, -0.15) is 4.98 Å². The van der Waals surface area contributed by atoms with Crippen LogP contribution >= 0.6 is 0 Å². The minimum Gasteiger partial charge on any atom is -0.467 e. The van der Waals surface area contributed by atoms with Gasteiger partial charge in [0.25, 0.3) is 15.9 Å². The van der Waals surface area contributed by atoms with Crippen molar-refractivity contribution in [3.05, 3.63) is 101 Å². The van der Waals surface area contributed by atoms with Gasteiger partial charge >= 0.3 is 0 Å². The van der Waals surface area contributed by atoms with E-state index in [1.165, 1.54) is 30.5 Å². The third-order valence-corrected chi connectivity index (χ3v) is 8.79. The molecule has 4 aromatic rings. The number of benzene rings is 3. The Morgan fingerprint density at radius 1 is 0.900 bits per heavy atom. The smallest absolute Gasteiger partial charge is 0.264 e. The number of carbonyl (C=O) groups is 1. The maximum absolute atomic E-state index is 13.4. The lowest BCUT2D eigenvalue weighted by atomic mass is 10.00. The standard InChI is InChI=1S/C31H30N4O4S/c1-19-6-4-7-20(2)29(19)26-17-28-33-31(32-26)34-40(37,38)25-9-5-8-24(16-25)30(36)35(3)18-27(39-28)23-14-12-22(13-15-23)21-10-11-21/h4-9,12-17,21,27H,10-11,18H2,1-3H3,(H,32,33,34).